The van der Waals surface area contributed by atoms with E-state index in [-0.39, 0.29) is 19.0 Å². The summed E-state index contributed by atoms with van der Waals surface area (Å²) in [4.78, 5) is 29.1. The minimum atomic E-state index is -0.404. The van der Waals surface area contributed by atoms with Gasteiger partial charge in [0, 0.05) is 16.8 Å². The first kappa shape index (κ1) is 20.2. The van der Waals surface area contributed by atoms with Crippen LogP contribution in [0, 0.1) is 0 Å². The van der Waals surface area contributed by atoms with Crippen molar-refractivity contribution in [3.05, 3.63) is 40.0 Å². The molecule has 140 valence electrons. The van der Waals surface area contributed by atoms with E-state index >= 15 is 0 Å². The van der Waals surface area contributed by atoms with Gasteiger partial charge in [0.25, 0.3) is 0 Å². The third-order valence-corrected chi connectivity index (χ3v) is 4.22. The number of rotatable bonds is 8. The SMILES string of the molecule is CCCc1nc2cc(Cl)ccc2c(CCC(=O)OCC)c1C(=O)OCC. The molecule has 1 aromatic carbocycles. The van der Waals surface area contributed by atoms with Crippen LogP contribution in [0.4, 0.5) is 0 Å². The molecule has 26 heavy (non-hydrogen) atoms. The summed E-state index contributed by atoms with van der Waals surface area (Å²) in [5, 5.41) is 1.38. The molecule has 0 aliphatic rings. The van der Waals surface area contributed by atoms with E-state index in [4.69, 9.17) is 21.1 Å². The quantitative estimate of drug-likeness (QED) is 0.633. The minimum absolute atomic E-state index is 0.188. The van der Waals surface area contributed by atoms with Gasteiger partial charge >= 0.3 is 11.9 Å². The maximum atomic E-state index is 12.6. The van der Waals surface area contributed by atoms with Crippen molar-refractivity contribution in [2.24, 2.45) is 0 Å². The molecule has 1 aromatic heterocycles. The molecule has 0 radical (unpaired) electrons. The standard InChI is InChI=1S/C20H24ClNO4/c1-4-7-16-19(20(24)26-6-3)15(10-11-18(23)25-5-2)14-9-8-13(21)12-17(14)22-16/h8-9,12H,4-7,10-11H2,1-3H3. The largest absolute Gasteiger partial charge is 0.466 e. The van der Waals surface area contributed by atoms with E-state index in [1.165, 1.54) is 0 Å². The van der Waals surface area contributed by atoms with Gasteiger partial charge in [0.2, 0.25) is 0 Å². The lowest BCUT2D eigenvalue weighted by molar-refractivity contribution is -0.143. The molecule has 0 atom stereocenters. The van der Waals surface area contributed by atoms with Crippen LogP contribution in [0.1, 0.15) is 55.2 Å². The smallest absolute Gasteiger partial charge is 0.340 e. The van der Waals surface area contributed by atoms with Crippen molar-refractivity contribution in [3.63, 3.8) is 0 Å². The summed E-state index contributed by atoms with van der Waals surface area (Å²) in [5.41, 5.74) is 2.63. The Bertz CT molecular complexity index is 804. The highest BCUT2D eigenvalue weighted by Gasteiger charge is 2.22. The van der Waals surface area contributed by atoms with E-state index in [0.717, 1.165) is 17.4 Å². The first-order valence-electron chi connectivity index (χ1n) is 8.95. The van der Waals surface area contributed by atoms with Crippen molar-refractivity contribution < 1.29 is 19.1 Å². The number of aromatic nitrogens is 1. The van der Waals surface area contributed by atoms with Crippen molar-refractivity contribution in [1.29, 1.82) is 0 Å². The molecule has 0 spiro atoms. The van der Waals surface area contributed by atoms with Crippen LogP contribution in [0.3, 0.4) is 0 Å². The third kappa shape index (κ3) is 4.73. The van der Waals surface area contributed by atoms with Crippen LogP contribution in [0.2, 0.25) is 5.02 Å². The Morgan fingerprint density at radius 1 is 1.08 bits per heavy atom. The summed E-state index contributed by atoms with van der Waals surface area (Å²) in [6.45, 7) is 6.17. The number of hydrogen-bond acceptors (Lipinski definition) is 5. The second-order valence-electron chi connectivity index (χ2n) is 5.85. The Kier molecular flexibility index (Phi) is 7.39. The fraction of sp³-hybridized carbons (Fsp3) is 0.450. The van der Waals surface area contributed by atoms with Gasteiger partial charge in [-0.25, -0.2) is 4.79 Å². The number of nitrogens with zero attached hydrogens (tertiary/aromatic N) is 1. The first-order chi connectivity index (χ1) is 12.5. The summed E-state index contributed by atoms with van der Waals surface area (Å²) < 4.78 is 10.3. The van der Waals surface area contributed by atoms with Crippen molar-refractivity contribution in [2.45, 2.75) is 46.5 Å². The normalized spacial score (nSPS) is 10.8. The Morgan fingerprint density at radius 2 is 1.81 bits per heavy atom. The van der Waals surface area contributed by atoms with E-state index in [2.05, 4.69) is 4.98 Å². The minimum Gasteiger partial charge on any atom is -0.466 e. The molecule has 0 bridgehead atoms. The number of carbonyl (C=O) groups excluding carboxylic acids is 2. The molecule has 0 N–H and O–H groups in total. The zero-order valence-electron chi connectivity index (χ0n) is 15.4. The molecule has 0 aliphatic heterocycles. The third-order valence-electron chi connectivity index (χ3n) is 3.98. The van der Waals surface area contributed by atoms with E-state index in [1.807, 2.05) is 13.0 Å². The van der Waals surface area contributed by atoms with Crippen LogP contribution in [-0.4, -0.2) is 30.1 Å². The van der Waals surface area contributed by atoms with Crippen molar-refractivity contribution in [3.8, 4) is 0 Å². The average molecular weight is 378 g/mol. The number of aryl methyl sites for hydroxylation is 2. The Morgan fingerprint density at radius 3 is 2.46 bits per heavy atom. The number of benzene rings is 1. The zero-order chi connectivity index (χ0) is 19.1. The fourth-order valence-corrected chi connectivity index (χ4v) is 3.11. The van der Waals surface area contributed by atoms with Crippen LogP contribution in [-0.2, 0) is 27.1 Å². The molecule has 0 unspecified atom stereocenters. The van der Waals surface area contributed by atoms with E-state index in [1.54, 1.807) is 26.0 Å². The highest BCUT2D eigenvalue weighted by atomic mass is 35.5. The van der Waals surface area contributed by atoms with Crippen LogP contribution >= 0.6 is 11.6 Å². The van der Waals surface area contributed by atoms with Gasteiger partial charge in [0.05, 0.1) is 30.0 Å². The monoisotopic (exact) mass is 377 g/mol. The summed E-state index contributed by atoms with van der Waals surface area (Å²) in [6.07, 6.45) is 2.05. The molecule has 0 saturated carbocycles. The maximum Gasteiger partial charge on any atom is 0.340 e. The van der Waals surface area contributed by atoms with Gasteiger partial charge < -0.3 is 9.47 Å². The Labute approximate surface area is 158 Å². The van der Waals surface area contributed by atoms with Gasteiger partial charge in [0.1, 0.15) is 0 Å². The van der Waals surface area contributed by atoms with E-state index in [9.17, 15) is 9.59 Å². The predicted molar refractivity (Wildman–Crippen MR) is 102 cm³/mol. The topological polar surface area (TPSA) is 65.5 Å². The molecule has 0 fully saturated rings. The summed E-state index contributed by atoms with van der Waals surface area (Å²) >= 11 is 6.12. The number of hydrogen-bond donors (Lipinski definition) is 0. The van der Waals surface area contributed by atoms with Gasteiger partial charge in [0.15, 0.2) is 0 Å². The highest BCUT2D eigenvalue weighted by molar-refractivity contribution is 6.31. The van der Waals surface area contributed by atoms with Crippen LogP contribution in [0.25, 0.3) is 10.9 Å². The van der Waals surface area contributed by atoms with Gasteiger partial charge in [-0.15, -0.1) is 0 Å². The number of fused-ring (bicyclic) bond motifs is 1. The molecule has 2 rings (SSSR count). The maximum absolute atomic E-state index is 12.6. The molecule has 5 nitrogen and oxygen atoms in total. The molecule has 1 heterocycles. The number of halogens is 1. The molecule has 2 aromatic rings. The summed E-state index contributed by atoms with van der Waals surface area (Å²) in [6, 6.07) is 5.37. The molecular weight excluding hydrogens is 354 g/mol. The Hall–Kier alpha value is -2.14. The first-order valence-corrected chi connectivity index (χ1v) is 9.33. The second kappa shape index (κ2) is 9.53. The fourth-order valence-electron chi connectivity index (χ4n) is 2.94. The van der Waals surface area contributed by atoms with E-state index in [0.29, 0.717) is 41.2 Å². The number of ether oxygens (including phenoxy) is 2. The highest BCUT2D eigenvalue weighted by Crippen LogP contribution is 2.28. The lowest BCUT2D eigenvalue weighted by atomic mass is 9.95. The van der Waals surface area contributed by atoms with E-state index < -0.39 is 5.97 Å². The van der Waals surface area contributed by atoms with Crippen LogP contribution in [0.15, 0.2) is 18.2 Å². The average Bonchev–Trinajstić information content (AvgIpc) is 2.59. The molecule has 0 saturated heterocycles. The second-order valence-corrected chi connectivity index (χ2v) is 6.29. The number of pyridine rings is 1. The summed E-state index contributed by atoms with van der Waals surface area (Å²) in [5.74, 6) is -0.697. The molecule has 0 aliphatic carbocycles. The molecule has 0 amide bonds. The summed E-state index contributed by atoms with van der Waals surface area (Å²) in [7, 11) is 0. The predicted octanol–water partition coefficient (Wildman–Crippen LogP) is 4.51. The van der Waals surface area contributed by atoms with Gasteiger partial charge in [-0.1, -0.05) is 31.0 Å². The van der Waals surface area contributed by atoms with Crippen molar-refractivity contribution >= 4 is 34.4 Å². The Balaban J connectivity index is 2.61. The van der Waals surface area contributed by atoms with Crippen molar-refractivity contribution in [1.82, 2.24) is 4.98 Å². The van der Waals surface area contributed by atoms with Gasteiger partial charge in [-0.3, -0.25) is 9.78 Å². The number of carbonyl (C=O) groups is 2. The molecule has 6 heteroatoms. The van der Waals surface area contributed by atoms with Crippen LogP contribution in [0.5, 0.6) is 0 Å². The zero-order valence-corrected chi connectivity index (χ0v) is 16.2. The van der Waals surface area contributed by atoms with Crippen LogP contribution < -0.4 is 0 Å². The van der Waals surface area contributed by atoms with Crippen molar-refractivity contribution in [2.75, 3.05) is 13.2 Å². The lowest BCUT2D eigenvalue weighted by Crippen LogP contribution is -2.15. The molecular formula is C20H24ClNO4. The lowest BCUT2D eigenvalue weighted by Gasteiger charge is -2.16. The number of esters is 2. The van der Waals surface area contributed by atoms with Gasteiger partial charge in [-0.05, 0) is 44.4 Å². The van der Waals surface area contributed by atoms with Gasteiger partial charge in [-0.2, -0.15) is 0 Å².